The monoisotopic (exact) mass is 300 g/mol. The van der Waals surface area contributed by atoms with E-state index in [9.17, 15) is 0 Å². The van der Waals surface area contributed by atoms with Gasteiger partial charge in [-0.15, -0.1) is 0 Å². The van der Waals surface area contributed by atoms with Gasteiger partial charge >= 0.3 is 0 Å². The zero-order valence-electron chi connectivity index (χ0n) is 11.9. The fraction of sp³-hybridized carbons (Fsp3) is 0.235. The lowest BCUT2D eigenvalue weighted by Gasteiger charge is -2.09. The molecule has 0 radical (unpaired) electrons. The SMILES string of the molecule is Cc1cccc(-c2nc3cc(Cl)ccc3n2CCCO)c1. The highest BCUT2D eigenvalue weighted by Gasteiger charge is 2.12. The maximum Gasteiger partial charge on any atom is 0.141 e. The Bertz CT molecular complexity index is 780. The number of benzene rings is 2. The molecular formula is C17H17ClN2O. The number of aromatic nitrogens is 2. The summed E-state index contributed by atoms with van der Waals surface area (Å²) in [5.74, 6) is 0.921. The summed E-state index contributed by atoms with van der Waals surface area (Å²) in [6.45, 7) is 2.97. The van der Waals surface area contributed by atoms with Gasteiger partial charge in [0.1, 0.15) is 5.82 Å². The number of nitrogens with zero attached hydrogens (tertiary/aromatic N) is 2. The van der Waals surface area contributed by atoms with Crippen LogP contribution < -0.4 is 0 Å². The Morgan fingerprint density at radius 3 is 2.81 bits per heavy atom. The van der Waals surface area contributed by atoms with Gasteiger partial charge in [0.15, 0.2) is 0 Å². The van der Waals surface area contributed by atoms with Crippen molar-refractivity contribution in [2.24, 2.45) is 0 Å². The highest BCUT2D eigenvalue weighted by Crippen LogP contribution is 2.27. The maximum atomic E-state index is 9.13. The van der Waals surface area contributed by atoms with Crippen LogP contribution in [-0.4, -0.2) is 21.3 Å². The zero-order valence-corrected chi connectivity index (χ0v) is 12.6. The van der Waals surface area contributed by atoms with Crippen LogP contribution in [0.5, 0.6) is 0 Å². The number of halogens is 1. The van der Waals surface area contributed by atoms with Crippen molar-refractivity contribution >= 4 is 22.6 Å². The van der Waals surface area contributed by atoms with Crippen LogP contribution in [0.25, 0.3) is 22.4 Å². The van der Waals surface area contributed by atoms with E-state index in [1.165, 1.54) is 5.56 Å². The Morgan fingerprint density at radius 2 is 2.05 bits per heavy atom. The average Bonchev–Trinajstić information content (AvgIpc) is 2.82. The van der Waals surface area contributed by atoms with Crippen LogP contribution in [0.4, 0.5) is 0 Å². The summed E-state index contributed by atoms with van der Waals surface area (Å²) in [5.41, 5.74) is 4.22. The van der Waals surface area contributed by atoms with E-state index in [2.05, 4.69) is 29.7 Å². The second kappa shape index (κ2) is 5.88. The van der Waals surface area contributed by atoms with Crippen LogP contribution in [0.15, 0.2) is 42.5 Å². The van der Waals surface area contributed by atoms with Crippen LogP contribution in [0.2, 0.25) is 5.02 Å². The van der Waals surface area contributed by atoms with E-state index < -0.39 is 0 Å². The molecule has 0 aliphatic rings. The summed E-state index contributed by atoms with van der Waals surface area (Å²) >= 11 is 6.07. The summed E-state index contributed by atoms with van der Waals surface area (Å²) < 4.78 is 2.15. The number of hydrogen-bond donors (Lipinski definition) is 1. The fourth-order valence-electron chi connectivity index (χ4n) is 2.56. The van der Waals surface area contributed by atoms with Gasteiger partial charge in [-0.1, -0.05) is 35.4 Å². The van der Waals surface area contributed by atoms with Crippen molar-refractivity contribution in [3.63, 3.8) is 0 Å². The standard InChI is InChI=1S/C17H17ClN2O/c1-12-4-2-5-13(10-12)17-19-15-11-14(18)6-7-16(15)20(17)8-3-9-21/h2,4-7,10-11,21H,3,8-9H2,1H3. The van der Waals surface area contributed by atoms with E-state index >= 15 is 0 Å². The van der Waals surface area contributed by atoms with Crippen molar-refractivity contribution in [2.45, 2.75) is 19.9 Å². The van der Waals surface area contributed by atoms with E-state index in [4.69, 9.17) is 21.7 Å². The minimum absolute atomic E-state index is 0.167. The molecule has 3 rings (SSSR count). The van der Waals surface area contributed by atoms with Crippen LogP contribution in [-0.2, 0) is 6.54 Å². The molecule has 21 heavy (non-hydrogen) atoms. The Balaban J connectivity index is 2.20. The Kier molecular flexibility index (Phi) is 3.95. The van der Waals surface area contributed by atoms with Gasteiger partial charge in [0.2, 0.25) is 0 Å². The minimum atomic E-state index is 0.167. The molecule has 0 amide bonds. The molecule has 0 aliphatic carbocycles. The molecule has 4 heteroatoms. The molecule has 1 N–H and O–H groups in total. The lowest BCUT2D eigenvalue weighted by atomic mass is 10.1. The number of hydrogen-bond acceptors (Lipinski definition) is 2. The Morgan fingerprint density at radius 1 is 1.19 bits per heavy atom. The molecule has 2 aromatic carbocycles. The van der Waals surface area contributed by atoms with Crippen molar-refractivity contribution in [3.05, 3.63) is 53.1 Å². The lowest BCUT2D eigenvalue weighted by Crippen LogP contribution is -2.02. The van der Waals surface area contributed by atoms with Crippen LogP contribution in [0.3, 0.4) is 0 Å². The van der Waals surface area contributed by atoms with Gasteiger partial charge in [-0.25, -0.2) is 4.98 Å². The number of imidazole rings is 1. The summed E-state index contributed by atoms with van der Waals surface area (Å²) in [6, 6.07) is 14.0. The van der Waals surface area contributed by atoms with Gasteiger partial charge in [-0.2, -0.15) is 0 Å². The molecular weight excluding hydrogens is 284 g/mol. The third kappa shape index (κ3) is 2.80. The molecule has 3 nitrogen and oxygen atoms in total. The molecule has 0 unspecified atom stereocenters. The van der Waals surface area contributed by atoms with Crippen molar-refractivity contribution in [3.8, 4) is 11.4 Å². The third-order valence-electron chi connectivity index (χ3n) is 3.53. The second-order valence-corrected chi connectivity index (χ2v) is 5.60. The quantitative estimate of drug-likeness (QED) is 0.789. The zero-order chi connectivity index (χ0) is 14.8. The third-order valence-corrected chi connectivity index (χ3v) is 3.76. The van der Waals surface area contributed by atoms with E-state index in [1.807, 2.05) is 24.3 Å². The first-order valence-corrected chi connectivity index (χ1v) is 7.40. The highest BCUT2D eigenvalue weighted by atomic mass is 35.5. The first kappa shape index (κ1) is 14.1. The molecule has 0 aliphatic heterocycles. The minimum Gasteiger partial charge on any atom is -0.396 e. The molecule has 1 heterocycles. The van der Waals surface area contributed by atoms with E-state index in [0.717, 1.165) is 29.0 Å². The van der Waals surface area contributed by atoms with Gasteiger partial charge in [-0.3, -0.25) is 0 Å². The number of aliphatic hydroxyl groups is 1. The largest absolute Gasteiger partial charge is 0.396 e. The predicted molar refractivity (Wildman–Crippen MR) is 86.6 cm³/mol. The molecule has 0 atom stereocenters. The summed E-state index contributed by atoms with van der Waals surface area (Å²) in [5, 5.41) is 9.82. The van der Waals surface area contributed by atoms with Gasteiger partial charge in [0.05, 0.1) is 11.0 Å². The fourth-order valence-corrected chi connectivity index (χ4v) is 2.73. The normalized spacial score (nSPS) is 11.2. The number of fused-ring (bicyclic) bond motifs is 1. The molecule has 0 spiro atoms. The number of rotatable bonds is 4. The van der Waals surface area contributed by atoms with Crippen molar-refractivity contribution in [2.75, 3.05) is 6.61 Å². The van der Waals surface area contributed by atoms with Crippen LogP contribution >= 0.6 is 11.6 Å². The van der Waals surface area contributed by atoms with Crippen molar-refractivity contribution in [1.82, 2.24) is 9.55 Å². The molecule has 0 saturated carbocycles. The molecule has 1 aromatic heterocycles. The summed E-state index contributed by atoms with van der Waals surface area (Å²) in [6.07, 6.45) is 0.701. The Labute approximate surface area is 128 Å². The second-order valence-electron chi connectivity index (χ2n) is 5.17. The smallest absolute Gasteiger partial charge is 0.141 e. The van der Waals surface area contributed by atoms with Gasteiger partial charge in [0.25, 0.3) is 0 Å². The van der Waals surface area contributed by atoms with E-state index in [0.29, 0.717) is 11.4 Å². The first-order chi connectivity index (χ1) is 10.2. The first-order valence-electron chi connectivity index (χ1n) is 7.03. The van der Waals surface area contributed by atoms with Gasteiger partial charge in [0, 0.05) is 23.7 Å². The van der Waals surface area contributed by atoms with E-state index in [-0.39, 0.29) is 6.61 Å². The molecule has 0 fully saturated rings. The van der Waals surface area contributed by atoms with Crippen LogP contribution in [0, 0.1) is 6.92 Å². The molecule has 108 valence electrons. The predicted octanol–water partition coefficient (Wildman–Crippen LogP) is 4.05. The van der Waals surface area contributed by atoms with Gasteiger partial charge in [-0.05, 0) is 37.6 Å². The van der Waals surface area contributed by atoms with Crippen molar-refractivity contribution in [1.29, 1.82) is 0 Å². The average molecular weight is 301 g/mol. The molecule has 0 saturated heterocycles. The van der Waals surface area contributed by atoms with Crippen LogP contribution in [0.1, 0.15) is 12.0 Å². The molecule has 0 bridgehead atoms. The Hall–Kier alpha value is -1.84. The summed E-state index contributed by atoms with van der Waals surface area (Å²) in [7, 11) is 0. The van der Waals surface area contributed by atoms with Gasteiger partial charge < -0.3 is 9.67 Å². The maximum absolute atomic E-state index is 9.13. The molecule has 3 aromatic rings. The van der Waals surface area contributed by atoms with E-state index in [1.54, 1.807) is 0 Å². The van der Waals surface area contributed by atoms with Crippen molar-refractivity contribution < 1.29 is 5.11 Å². The highest BCUT2D eigenvalue weighted by molar-refractivity contribution is 6.31. The lowest BCUT2D eigenvalue weighted by molar-refractivity contribution is 0.281. The topological polar surface area (TPSA) is 38.0 Å². The number of aryl methyl sites for hydroxylation is 2. The summed E-state index contributed by atoms with van der Waals surface area (Å²) in [4.78, 5) is 4.73. The number of aliphatic hydroxyl groups excluding tert-OH is 1.